The molecular formula is C11H13BrN2O3. The fraction of sp³-hybridized carbons (Fsp3) is 0.545. The Labute approximate surface area is 107 Å². The maximum absolute atomic E-state index is 10.8. The van der Waals surface area contributed by atoms with Crippen LogP contribution in [0.1, 0.15) is 25.0 Å². The molecule has 1 fully saturated rings. The molecule has 5 nitrogen and oxygen atoms in total. The van der Waals surface area contributed by atoms with Crippen molar-refractivity contribution in [1.82, 2.24) is 9.97 Å². The van der Waals surface area contributed by atoms with Gasteiger partial charge < -0.3 is 9.84 Å². The highest BCUT2D eigenvalue weighted by atomic mass is 79.9. The minimum Gasteiger partial charge on any atom is -0.481 e. The molecule has 6 heteroatoms. The lowest BCUT2D eigenvalue weighted by atomic mass is 10.1. The lowest BCUT2D eigenvalue weighted by Crippen LogP contribution is -2.16. The number of carboxylic acids is 1. The topological polar surface area (TPSA) is 72.3 Å². The number of ether oxygens (including phenoxy) is 1. The Morgan fingerprint density at radius 2 is 2.35 bits per heavy atom. The third-order valence-electron chi connectivity index (χ3n) is 2.88. The van der Waals surface area contributed by atoms with Crippen molar-refractivity contribution in [1.29, 1.82) is 0 Å². The van der Waals surface area contributed by atoms with Gasteiger partial charge in [0.2, 0.25) is 5.88 Å². The number of hydrogen-bond donors (Lipinski definition) is 1. The molecule has 2 atom stereocenters. The van der Waals surface area contributed by atoms with E-state index in [9.17, 15) is 4.79 Å². The smallest absolute Gasteiger partial charge is 0.306 e. The van der Waals surface area contributed by atoms with Crippen LogP contribution in [0.25, 0.3) is 0 Å². The van der Waals surface area contributed by atoms with E-state index in [2.05, 4.69) is 25.9 Å². The first-order valence-electron chi connectivity index (χ1n) is 5.45. The van der Waals surface area contributed by atoms with Crippen LogP contribution in [-0.2, 0) is 4.79 Å². The van der Waals surface area contributed by atoms with Gasteiger partial charge in [-0.05, 0) is 42.1 Å². The van der Waals surface area contributed by atoms with Gasteiger partial charge in [-0.15, -0.1) is 0 Å². The molecule has 0 saturated heterocycles. The lowest BCUT2D eigenvalue weighted by molar-refractivity contribution is -0.141. The minimum absolute atomic E-state index is 0.0646. The van der Waals surface area contributed by atoms with Crippen molar-refractivity contribution in [3.05, 3.63) is 16.5 Å². The molecule has 0 unspecified atom stereocenters. The maximum Gasteiger partial charge on any atom is 0.306 e. The highest BCUT2D eigenvalue weighted by Gasteiger charge is 2.31. The average molecular weight is 301 g/mol. The summed E-state index contributed by atoms with van der Waals surface area (Å²) in [5.74, 6) is -0.539. The van der Waals surface area contributed by atoms with E-state index in [4.69, 9.17) is 9.84 Å². The van der Waals surface area contributed by atoms with Crippen LogP contribution in [0.2, 0.25) is 0 Å². The third kappa shape index (κ3) is 2.94. The van der Waals surface area contributed by atoms with Crippen LogP contribution in [0.15, 0.2) is 10.8 Å². The summed E-state index contributed by atoms with van der Waals surface area (Å²) in [5, 5.41) is 8.90. The number of aryl methyl sites for hydroxylation is 1. The third-order valence-corrected chi connectivity index (χ3v) is 3.27. The summed E-state index contributed by atoms with van der Waals surface area (Å²) in [7, 11) is 0. The van der Waals surface area contributed by atoms with Crippen LogP contribution in [0.5, 0.6) is 5.88 Å². The summed E-state index contributed by atoms with van der Waals surface area (Å²) in [6.45, 7) is 1.82. The number of carbonyl (C=O) groups is 1. The quantitative estimate of drug-likeness (QED) is 0.926. The number of hydrogen-bond acceptors (Lipinski definition) is 4. The van der Waals surface area contributed by atoms with Crippen molar-refractivity contribution in [2.75, 3.05) is 0 Å². The first-order chi connectivity index (χ1) is 8.06. The first kappa shape index (κ1) is 12.3. The molecule has 0 bridgehead atoms. The van der Waals surface area contributed by atoms with Crippen LogP contribution < -0.4 is 4.74 Å². The van der Waals surface area contributed by atoms with Gasteiger partial charge in [0, 0.05) is 0 Å². The standard InChI is InChI=1S/C11H13BrN2O3/c1-6-10(13-5-9(12)14-6)17-8-3-2-7(4-8)11(15)16/h5,7-8H,2-4H2,1H3,(H,15,16)/t7-,8-/m0/s1. The number of aromatic nitrogens is 2. The van der Waals surface area contributed by atoms with Gasteiger partial charge in [0.25, 0.3) is 0 Å². The molecule has 1 saturated carbocycles. The van der Waals surface area contributed by atoms with Gasteiger partial charge in [-0.1, -0.05) is 0 Å². The normalized spacial score (nSPS) is 23.6. The van der Waals surface area contributed by atoms with Gasteiger partial charge in [-0.25, -0.2) is 9.97 Å². The summed E-state index contributed by atoms with van der Waals surface area (Å²) in [6.07, 6.45) is 3.49. The summed E-state index contributed by atoms with van der Waals surface area (Å²) in [6, 6.07) is 0. The van der Waals surface area contributed by atoms with Gasteiger partial charge >= 0.3 is 5.97 Å². The van der Waals surface area contributed by atoms with E-state index in [1.165, 1.54) is 0 Å². The van der Waals surface area contributed by atoms with Crippen molar-refractivity contribution >= 4 is 21.9 Å². The second kappa shape index (κ2) is 5.00. The number of halogens is 1. The molecule has 1 N–H and O–H groups in total. The highest BCUT2D eigenvalue weighted by Crippen LogP contribution is 2.29. The predicted molar refractivity (Wildman–Crippen MR) is 63.9 cm³/mol. The molecule has 1 aromatic heterocycles. The Morgan fingerprint density at radius 3 is 2.94 bits per heavy atom. The highest BCUT2D eigenvalue weighted by molar-refractivity contribution is 9.10. The van der Waals surface area contributed by atoms with Crippen molar-refractivity contribution in [2.45, 2.75) is 32.3 Å². The second-order valence-electron chi connectivity index (χ2n) is 4.17. The van der Waals surface area contributed by atoms with E-state index in [1.54, 1.807) is 6.20 Å². The zero-order chi connectivity index (χ0) is 12.4. The maximum atomic E-state index is 10.8. The zero-order valence-electron chi connectivity index (χ0n) is 9.39. The number of nitrogens with zero attached hydrogens (tertiary/aromatic N) is 2. The van der Waals surface area contributed by atoms with Gasteiger partial charge in [0.1, 0.15) is 16.4 Å². The molecular weight excluding hydrogens is 288 g/mol. The molecule has 0 spiro atoms. The molecule has 0 amide bonds. The van der Waals surface area contributed by atoms with Crippen LogP contribution in [0.3, 0.4) is 0 Å². The van der Waals surface area contributed by atoms with E-state index in [0.29, 0.717) is 29.0 Å². The van der Waals surface area contributed by atoms with E-state index in [1.807, 2.05) is 6.92 Å². The summed E-state index contributed by atoms with van der Waals surface area (Å²) in [4.78, 5) is 19.1. The van der Waals surface area contributed by atoms with Gasteiger partial charge in [0.05, 0.1) is 12.1 Å². The Balaban J connectivity index is 2.00. The SMILES string of the molecule is Cc1nc(Br)cnc1O[C@H]1CC[C@H](C(=O)O)C1. The molecule has 0 aromatic carbocycles. The Morgan fingerprint density at radius 1 is 1.59 bits per heavy atom. The van der Waals surface area contributed by atoms with Crippen molar-refractivity contribution in [3.8, 4) is 5.88 Å². The number of carboxylic acid groups (broad SMARTS) is 1. The van der Waals surface area contributed by atoms with Crippen LogP contribution in [0, 0.1) is 12.8 Å². The fourth-order valence-corrected chi connectivity index (χ4v) is 2.36. The van der Waals surface area contributed by atoms with Crippen LogP contribution in [-0.4, -0.2) is 27.1 Å². The van der Waals surface area contributed by atoms with Crippen molar-refractivity contribution in [2.24, 2.45) is 5.92 Å². The minimum atomic E-state index is -0.741. The zero-order valence-corrected chi connectivity index (χ0v) is 11.0. The Hall–Kier alpha value is -1.17. The number of rotatable bonds is 3. The molecule has 1 heterocycles. The molecule has 1 aromatic rings. The average Bonchev–Trinajstić information content (AvgIpc) is 2.71. The number of aliphatic carboxylic acids is 1. The molecule has 1 aliphatic rings. The van der Waals surface area contributed by atoms with Crippen molar-refractivity contribution < 1.29 is 14.6 Å². The molecule has 2 rings (SSSR count). The Bertz CT molecular complexity index is 439. The summed E-state index contributed by atoms with van der Waals surface area (Å²) < 4.78 is 6.35. The Kier molecular flexibility index (Phi) is 3.61. The molecule has 92 valence electrons. The van der Waals surface area contributed by atoms with Gasteiger partial charge in [-0.2, -0.15) is 0 Å². The summed E-state index contributed by atoms with van der Waals surface area (Å²) >= 11 is 3.23. The molecule has 0 aliphatic heterocycles. The van der Waals surface area contributed by atoms with E-state index in [0.717, 1.165) is 6.42 Å². The lowest BCUT2D eigenvalue weighted by Gasteiger charge is -2.13. The summed E-state index contributed by atoms with van der Waals surface area (Å²) in [5.41, 5.74) is 0.707. The first-order valence-corrected chi connectivity index (χ1v) is 6.24. The molecule has 0 radical (unpaired) electrons. The van der Waals surface area contributed by atoms with Crippen LogP contribution >= 0.6 is 15.9 Å². The second-order valence-corrected chi connectivity index (χ2v) is 4.98. The van der Waals surface area contributed by atoms with Gasteiger partial charge in [0.15, 0.2) is 0 Å². The largest absolute Gasteiger partial charge is 0.481 e. The monoisotopic (exact) mass is 300 g/mol. The predicted octanol–water partition coefficient (Wildman–Crippen LogP) is 2.18. The molecule has 1 aliphatic carbocycles. The van der Waals surface area contributed by atoms with E-state index < -0.39 is 5.97 Å². The van der Waals surface area contributed by atoms with Crippen molar-refractivity contribution in [3.63, 3.8) is 0 Å². The fourth-order valence-electron chi connectivity index (χ4n) is 1.99. The van der Waals surface area contributed by atoms with Crippen LogP contribution in [0.4, 0.5) is 0 Å². The van der Waals surface area contributed by atoms with Gasteiger partial charge in [-0.3, -0.25) is 4.79 Å². The van der Waals surface area contributed by atoms with E-state index >= 15 is 0 Å². The molecule has 17 heavy (non-hydrogen) atoms. The van der Waals surface area contributed by atoms with E-state index in [-0.39, 0.29) is 12.0 Å².